The molecule has 1 aromatic carbocycles. The number of carbonyl (C=O) groups is 1. The molecule has 1 fully saturated rings. The summed E-state index contributed by atoms with van der Waals surface area (Å²) in [6.45, 7) is 3.26. The van der Waals surface area contributed by atoms with Gasteiger partial charge in [0.05, 0.1) is 10.9 Å². The molecule has 2 N–H and O–H groups in total. The first-order valence-corrected chi connectivity index (χ1v) is 10.9. The van der Waals surface area contributed by atoms with Gasteiger partial charge >= 0.3 is 5.69 Å². The van der Waals surface area contributed by atoms with Crippen LogP contribution in [-0.2, 0) is 17.9 Å². The van der Waals surface area contributed by atoms with Crippen LogP contribution in [0.2, 0.25) is 0 Å². The third kappa shape index (κ3) is 3.80. The van der Waals surface area contributed by atoms with Gasteiger partial charge in [-0.2, -0.15) is 0 Å². The SMILES string of the molecule is O=C(Cn1c(=O)[nH]c2ccccc2c1=O)NCCN1C[C@H]2C[C@@H](C1)c1cccc(=O)n1C2. The molecule has 5 rings (SSSR count). The Balaban J connectivity index is 1.20. The Hall–Kier alpha value is -3.46. The number of hydrogen-bond acceptors (Lipinski definition) is 5. The van der Waals surface area contributed by atoms with Gasteiger partial charge in [0.1, 0.15) is 6.54 Å². The zero-order valence-electron chi connectivity index (χ0n) is 17.6. The number of H-pyrrole nitrogens is 1. The van der Waals surface area contributed by atoms with E-state index in [1.54, 1.807) is 30.3 Å². The molecule has 2 atom stereocenters. The molecule has 3 aromatic rings. The Kier molecular flexibility index (Phi) is 5.26. The van der Waals surface area contributed by atoms with Gasteiger partial charge in [0, 0.05) is 50.4 Å². The topological polar surface area (TPSA) is 109 Å². The number of fused-ring (bicyclic) bond motifs is 5. The zero-order valence-corrected chi connectivity index (χ0v) is 17.6. The van der Waals surface area contributed by atoms with Gasteiger partial charge in [-0.1, -0.05) is 18.2 Å². The number of hydrogen-bond donors (Lipinski definition) is 2. The van der Waals surface area contributed by atoms with Crippen molar-refractivity contribution >= 4 is 16.8 Å². The highest BCUT2D eigenvalue weighted by Crippen LogP contribution is 2.34. The Morgan fingerprint density at radius 2 is 1.88 bits per heavy atom. The second kappa shape index (κ2) is 8.23. The first-order valence-electron chi connectivity index (χ1n) is 10.9. The molecule has 1 saturated heterocycles. The lowest BCUT2D eigenvalue weighted by Crippen LogP contribution is -2.49. The fourth-order valence-corrected chi connectivity index (χ4v) is 5.07. The number of piperidine rings is 1. The van der Waals surface area contributed by atoms with Crippen molar-refractivity contribution in [2.75, 3.05) is 26.2 Å². The number of nitrogens with zero attached hydrogens (tertiary/aromatic N) is 3. The molecule has 2 aromatic heterocycles. The van der Waals surface area contributed by atoms with E-state index in [1.807, 2.05) is 16.7 Å². The minimum absolute atomic E-state index is 0.0665. The molecule has 0 unspecified atom stereocenters. The first kappa shape index (κ1) is 20.4. The molecule has 166 valence electrons. The molecule has 0 radical (unpaired) electrons. The second-order valence-electron chi connectivity index (χ2n) is 8.67. The summed E-state index contributed by atoms with van der Waals surface area (Å²) < 4.78 is 2.83. The summed E-state index contributed by atoms with van der Waals surface area (Å²) in [6.07, 6.45) is 1.08. The molecule has 0 aliphatic carbocycles. The average Bonchev–Trinajstić information content (AvgIpc) is 2.77. The monoisotopic (exact) mass is 435 g/mol. The third-order valence-corrected chi connectivity index (χ3v) is 6.50. The number of carbonyl (C=O) groups excluding carboxylic acids is 1. The van der Waals surface area contributed by atoms with Crippen molar-refractivity contribution in [2.24, 2.45) is 5.92 Å². The maximum absolute atomic E-state index is 12.6. The predicted octanol–water partition coefficient (Wildman–Crippen LogP) is 0.0870. The Morgan fingerprint density at radius 3 is 2.75 bits per heavy atom. The van der Waals surface area contributed by atoms with Crippen molar-refractivity contribution in [2.45, 2.75) is 25.4 Å². The van der Waals surface area contributed by atoms with Crippen molar-refractivity contribution in [3.8, 4) is 0 Å². The van der Waals surface area contributed by atoms with Gasteiger partial charge in [-0.05, 0) is 30.5 Å². The van der Waals surface area contributed by atoms with Crippen LogP contribution >= 0.6 is 0 Å². The van der Waals surface area contributed by atoms with Crippen LogP contribution in [0.4, 0.5) is 0 Å². The van der Waals surface area contributed by atoms with Crippen molar-refractivity contribution < 1.29 is 4.79 Å². The Morgan fingerprint density at radius 1 is 1.03 bits per heavy atom. The molecule has 2 aliphatic heterocycles. The van der Waals surface area contributed by atoms with Crippen LogP contribution in [0.1, 0.15) is 18.0 Å². The summed E-state index contributed by atoms with van der Waals surface area (Å²) in [4.78, 5) is 54.3. The van der Waals surface area contributed by atoms with Gasteiger partial charge in [0.2, 0.25) is 5.91 Å². The number of para-hydroxylation sites is 1. The normalized spacial score (nSPS) is 20.1. The molecular weight excluding hydrogens is 410 g/mol. The van der Waals surface area contributed by atoms with Crippen molar-refractivity contribution in [1.29, 1.82) is 0 Å². The number of aromatic nitrogens is 3. The van der Waals surface area contributed by atoms with Crippen LogP contribution in [0.15, 0.2) is 56.8 Å². The largest absolute Gasteiger partial charge is 0.353 e. The van der Waals surface area contributed by atoms with E-state index in [2.05, 4.69) is 15.2 Å². The lowest BCUT2D eigenvalue weighted by Gasteiger charge is -2.42. The van der Waals surface area contributed by atoms with E-state index in [4.69, 9.17) is 0 Å². The smallest absolute Gasteiger partial charge is 0.329 e. The number of likely N-dealkylation sites (tertiary alicyclic amines) is 1. The Labute approximate surface area is 183 Å². The zero-order chi connectivity index (χ0) is 22.2. The lowest BCUT2D eigenvalue weighted by atomic mass is 9.83. The minimum atomic E-state index is -0.596. The van der Waals surface area contributed by atoms with E-state index < -0.39 is 11.2 Å². The molecule has 2 aliphatic rings. The van der Waals surface area contributed by atoms with Crippen LogP contribution < -0.4 is 22.1 Å². The van der Waals surface area contributed by atoms with E-state index in [0.29, 0.717) is 35.8 Å². The summed E-state index contributed by atoms with van der Waals surface area (Å²) in [6, 6.07) is 12.2. The molecule has 9 heteroatoms. The molecule has 4 heterocycles. The van der Waals surface area contributed by atoms with Gasteiger partial charge in [0.25, 0.3) is 11.1 Å². The number of benzene rings is 1. The average molecular weight is 435 g/mol. The van der Waals surface area contributed by atoms with E-state index in [9.17, 15) is 19.2 Å². The van der Waals surface area contributed by atoms with Crippen LogP contribution in [0.3, 0.4) is 0 Å². The second-order valence-corrected chi connectivity index (χ2v) is 8.67. The van der Waals surface area contributed by atoms with Crippen molar-refractivity contribution in [3.05, 3.63) is 79.4 Å². The first-order chi connectivity index (χ1) is 15.5. The molecule has 9 nitrogen and oxygen atoms in total. The molecule has 32 heavy (non-hydrogen) atoms. The third-order valence-electron chi connectivity index (χ3n) is 6.50. The number of amides is 1. The summed E-state index contributed by atoms with van der Waals surface area (Å²) in [5.41, 5.74) is 0.548. The highest BCUT2D eigenvalue weighted by Gasteiger charge is 2.34. The highest BCUT2D eigenvalue weighted by molar-refractivity contribution is 5.78. The van der Waals surface area contributed by atoms with Gasteiger partial charge < -0.3 is 19.8 Å². The summed E-state index contributed by atoms with van der Waals surface area (Å²) in [5.74, 6) is 0.371. The Bertz CT molecular complexity index is 1350. The molecule has 0 saturated carbocycles. The molecule has 0 spiro atoms. The molecule has 1 amide bonds. The van der Waals surface area contributed by atoms with E-state index in [0.717, 1.165) is 36.3 Å². The van der Waals surface area contributed by atoms with Crippen LogP contribution in [0.5, 0.6) is 0 Å². The predicted molar refractivity (Wildman–Crippen MR) is 120 cm³/mol. The van der Waals surface area contributed by atoms with Gasteiger partial charge in [-0.25, -0.2) is 4.79 Å². The highest BCUT2D eigenvalue weighted by atomic mass is 16.2. The number of pyridine rings is 1. The quantitative estimate of drug-likeness (QED) is 0.590. The summed E-state index contributed by atoms with van der Waals surface area (Å²) in [7, 11) is 0. The van der Waals surface area contributed by atoms with Crippen LogP contribution in [0, 0.1) is 5.92 Å². The standard InChI is InChI=1S/C23H25N5O4/c29-20(14-28-22(31)17-4-1-2-5-18(17)25-23(28)32)24-8-9-26-11-15-10-16(13-26)19-6-3-7-21(30)27(19)12-15/h1-7,15-16H,8-14H2,(H,24,29)(H,25,32)/t15-,16+/m1/s1. The van der Waals surface area contributed by atoms with Gasteiger partial charge in [0.15, 0.2) is 0 Å². The summed E-state index contributed by atoms with van der Waals surface area (Å²) in [5, 5.41) is 3.20. The molecular formula is C23H25N5O4. The number of aromatic amines is 1. The summed E-state index contributed by atoms with van der Waals surface area (Å²) >= 11 is 0. The number of rotatable bonds is 5. The molecule has 2 bridgehead atoms. The maximum Gasteiger partial charge on any atom is 0.329 e. The fraction of sp³-hybridized carbons (Fsp3) is 0.391. The fourth-order valence-electron chi connectivity index (χ4n) is 5.07. The van der Waals surface area contributed by atoms with E-state index in [-0.39, 0.29) is 18.0 Å². The van der Waals surface area contributed by atoms with Gasteiger partial charge in [-0.15, -0.1) is 0 Å². The van der Waals surface area contributed by atoms with Crippen LogP contribution in [-0.4, -0.2) is 51.1 Å². The van der Waals surface area contributed by atoms with Crippen LogP contribution in [0.25, 0.3) is 10.9 Å². The van der Waals surface area contributed by atoms with E-state index >= 15 is 0 Å². The lowest BCUT2D eigenvalue weighted by molar-refractivity contribution is -0.121. The maximum atomic E-state index is 12.6. The van der Waals surface area contributed by atoms with Crippen molar-refractivity contribution in [1.82, 2.24) is 24.3 Å². The van der Waals surface area contributed by atoms with Gasteiger partial charge in [-0.3, -0.25) is 19.0 Å². The number of nitrogens with one attached hydrogen (secondary N) is 2. The van der Waals surface area contributed by atoms with E-state index in [1.165, 1.54) is 0 Å². The van der Waals surface area contributed by atoms with Crippen molar-refractivity contribution in [3.63, 3.8) is 0 Å². The minimum Gasteiger partial charge on any atom is -0.353 e.